The van der Waals surface area contributed by atoms with Crippen LogP contribution < -0.4 is 19.5 Å². The standard InChI is InChI=1S/C16H18N2O4/c1-20-13-8-11(9-14(21-2)15(13)22-3)16(19)18-10-12-6-4-5-7-17-12/h4-9H,10H2,1-3H3,(H,18,19). The number of ether oxygens (including phenoxy) is 3. The van der Waals surface area contributed by atoms with Crippen LogP contribution in [0.1, 0.15) is 16.1 Å². The topological polar surface area (TPSA) is 69.7 Å². The number of carbonyl (C=O) groups excluding carboxylic acids is 1. The van der Waals surface area contributed by atoms with Gasteiger partial charge in [0.05, 0.1) is 33.6 Å². The first-order valence-electron chi connectivity index (χ1n) is 6.67. The largest absolute Gasteiger partial charge is 0.493 e. The maximum absolute atomic E-state index is 12.3. The maximum Gasteiger partial charge on any atom is 0.251 e. The fourth-order valence-electron chi connectivity index (χ4n) is 1.99. The van der Waals surface area contributed by atoms with Gasteiger partial charge in [-0.1, -0.05) is 6.07 Å². The Morgan fingerprint density at radius 1 is 1.09 bits per heavy atom. The van der Waals surface area contributed by atoms with E-state index in [2.05, 4.69) is 10.3 Å². The first kappa shape index (κ1) is 15.6. The predicted molar refractivity (Wildman–Crippen MR) is 81.5 cm³/mol. The smallest absolute Gasteiger partial charge is 0.251 e. The van der Waals surface area contributed by atoms with Gasteiger partial charge >= 0.3 is 0 Å². The number of rotatable bonds is 6. The molecule has 2 aromatic rings. The molecule has 0 aliphatic rings. The number of hydrogen-bond acceptors (Lipinski definition) is 5. The molecule has 0 aliphatic carbocycles. The number of aromatic nitrogens is 1. The second-order valence-electron chi connectivity index (χ2n) is 4.42. The van der Waals surface area contributed by atoms with Crippen molar-refractivity contribution in [3.05, 3.63) is 47.8 Å². The molecule has 6 heteroatoms. The van der Waals surface area contributed by atoms with Gasteiger partial charge in [0.1, 0.15) is 0 Å². The van der Waals surface area contributed by atoms with Crippen molar-refractivity contribution < 1.29 is 19.0 Å². The van der Waals surface area contributed by atoms with Crippen molar-refractivity contribution in [2.75, 3.05) is 21.3 Å². The van der Waals surface area contributed by atoms with Crippen LogP contribution in [0.5, 0.6) is 17.2 Å². The summed E-state index contributed by atoms with van der Waals surface area (Å²) in [6, 6.07) is 8.75. The molecule has 1 aromatic heterocycles. The van der Waals surface area contributed by atoms with E-state index < -0.39 is 0 Å². The lowest BCUT2D eigenvalue weighted by Gasteiger charge is -2.14. The first-order valence-corrected chi connectivity index (χ1v) is 6.67. The minimum absolute atomic E-state index is 0.245. The van der Waals surface area contributed by atoms with Gasteiger partial charge in [-0.05, 0) is 24.3 Å². The number of pyridine rings is 1. The molecule has 0 unspecified atom stereocenters. The fraction of sp³-hybridized carbons (Fsp3) is 0.250. The van der Waals surface area contributed by atoms with Crippen molar-refractivity contribution in [2.24, 2.45) is 0 Å². The van der Waals surface area contributed by atoms with Gasteiger partial charge in [0.25, 0.3) is 5.91 Å². The Morgan fingerprint density at radius 3 is 2.27 bits per heavy atom. The minimum Gasteiger partial charge on any atom is -0.493 e. The first-order chi connectivity index (χ1) is 10.7. The van der Waals surface area contributed by atoms with E-state index in [1.54, 1.807) is 18.3 Å². The molecule has 0 saturated heterocycles. The summed E-state index contributed by atoms with van der Waals surface area (Å²) in [4.78, 5) is 16.4. The summed E-state index contributed by atoms with van der Waals surface area (Å²) in [6.07, 6.45) is 1.68. The molecule has 0 atom stereocenters. The highest BCUT2D eigenvalue weighted by Gasteiger charge is 2.16. The molecule has 2 rings (SSSR count). The van der Waals surface area contributed by atoms with Gasteiger partial charge in [-0.2, -0.15) is 0 Å². The van der Waals surface area contributed by atoms with Crippen molar-refractivity contribution in [1.29, 1.82) is 0 Å². The van der Waals surface area contributed by atoms with Crippen LogP contribution in [-0.4, -0.2) is 32.2 Å². The van der Waals surface area contributed by atoms with Crippen LogP contribution in [0.25, 0.3) is 0 Å². The Morgan fingerprint density at radius 2 is 1.77 bits per heavy atom. The lowest BCUT2D eigenvalue weighted by Crippen LogP contribution is -2.23. The fourth-order valence-corrected chi connectivity index (χ4v) is 1.99. The Bertz CT molecular complexity index is 619. The molecule has 22 heavy (non-hydrogen) atoms. The molecular weight excluding hydrogens is 284 g/mol. The van der Waals surface area contributed by atoms with E-state index in [4.69, 9.17) is 14.2 Å². The van der Waals surface area contributed by atoms with Crippen LogP contribution in [0.3, 0.4) is 0 Å². The number of carbonyl (C=O) groups is 1. The van der Waals surface area contributed by atoms with Gasteiger partial charge in [0.15, 0.2) is 11.5 Å². The maximum atomic E-state index is 12.3. The van der Waals surface area contributed by atoms with Gasteiger partial charge in [-0.15, -0.1) is 0 Å². The Labute approximate surface area is 129 Å². The highest BCUT2D eigenvalue weighted by atomic mass is 16.5. The molecule has 0 bridgehead atoms. The molecular formula is C16H18N2O4. The lowest BCUT2D eigenvalue weighted by molar-refractivity contribution is 0.0949. The van der Waals surface area contributed by atoms with E-state index >= 15 is 0 Å². The van der Waals surface area contributed by atoms with Crippen LogP contribution in [-0.2, 0) is 6.54 Å². The second kappa shape index (κ2) is 7.31. The number of hydrogen-bond donors (Lipinski definition) is 1. The van der Waals surface area contributed by atoms with Crippen molar-refractivity contribution in [3.63, 3.8) is 0 Å². The van der Waals surface area contributed by atoms with Crippen LogP contribution in [0.2, 0.25) is 0 Å². The van der Waals surface area contributed by atoms with Crippen LogP contribution in [0, 0.1) is 0 Å². The second-order valence-corrected chi connectivity index (χ2v) is 4.42. The molecule has 1 N–H and O–H groups in total. The summed E-state index contributed by atoms with van der Waals surface area (Å²) in [5.41, 5.74) is 1.20. The molecule has 0 fully saturated rings. The Hall–Kier alpha value is -2.76. The van der Waals surface area contributed by atoms with Crippen LogP contribution >= 0.6 is 0 Å². The molecule has 116 valence electrons. The van der Waals surface area contributed by atoms with Gasteiger partial charge in [-0.25, -0.2) is 0 Å². The zero-order valence-corrected chi connectivity index (χ0v) is 12.8. The summed E-state index contributed by atoms with van der Waals surface area (Å²) in [5, 5.41) is 2.80. The average Bonchev–Trinajstić information content (AvgIpc) is 2.59. The number of benzene rings is 1. The summed E-state index contributed by atoms with van der Waals surface area (Å²) >= 11 is 0. The average molecular weight is 302 g/mol. The number of methoxy groups -OCH3 is 3. The van der Waals surface area contributed by atoms with E-state index in [0.717, 1.165) is 5.69 Å². The van der Waals surface area contributed by atoms with Crippen LogP contribution in [0.15, 0.2) is 36.5 Å². The normalized spacial score (nSPS) is 9.95. The molecule has 0 saturated carbocycles. The minimum atomic E-state index is -0.245. The molecule has 0 radical (unpaired) electrons. The summed E-state index contributed by atoms with van der Waals surface area (Å²) < 4.78 is 15.7. The molecule has 0 aliphatic heterocycles. The highest BCUT2D eigenvalue weighted by molar-refractivity contribution is 5.95. The van der Waals surface area contributed by atoms with E-state index in [1.165, 1.54) is 21.3 Å². The third-order valence-corrected chi connectivity index (χ3v) is 3.08. The number of nitrogens with zero attached hydrogens (tertiary/aromatic N) is 1. The zero-order chi connectivity index (χ0) is 15.9. The van der Waals surface area contributed by atoms with Crippen molar-refractivity contribution in [1.82, 2.24) is 10.3 Å². The summed E-state index contributed by atoms with van der Waals surface area (Å²) in [5.74, 6) is 1.07. The van der Waals surface area contributed by atoms with Gasteiger partial charge < -0.3 is 19.5 Å². The zero-order valence-electron chi connectivity index (χ0n) is 12.8. The third-order valence-electron chi connectivity index (χ3n) is 3.08. The number of amides is 1. The van der Waals surface area contributed by atoms with Crippen molar-refractivity contribution in [3.8, 4) is 17.2 Å². The van der Waals surface area contributed by atoms with Crippen LogP contribution in [0.4, 0.5) is 0 Å². The van der Waals surface area contributed by atoms with Gasteiger partial charge in [0.2, 0.25) is 5.75 Å². The summed E-state index contributed by atoms with van der Waals surface area (Å²) in [7, 11) is 4.53. The number of nitrogens with one attached hydrogen (secondary N) is 1. The molecule has 0 spiro atoms. The molecule has 6 nitrogen and oxygen atoms in total. The predicted octanol–water partition coefficient (Wildman–Crippen LogP) is 2.04. The monoisotopic (exact) mass is 302 g/mol. The van der Waals surface area contributed by atoms with Crippen molar-refractivity contribution >= 4 is 5.91 Å². The van der Waals surface area contributed by atoms with Gasteiger partial charge in [0, 0.05) is 11.8 Å². The molecule has 1 heterocycles. The Kier molecular flexibility index (Phi) is 5.19. The van der Waals surface area contributed by atoms with E-state index in [1.807, 2.05) is 18.2 Å². The molecule has 1 amide bonds. The van der Waals surface area contributed by atoms with E-state index in [9.17, 15) is 4.79 Å². The Balaban J connectivity index is 2.19. The molecule has 1 aromatic carbocycles. The SMILES string of the molecule is COc1cc(C(=O)NCc2ccccn2)cc(OC)c1OC. The summed E-state index contributed by atoms with van der Waals surface area (Å²) in [6.45, 7) is 0.344. The van der Waals surface area contributed by atoms with E-state index in [0.29, 0.717) is 29.4 Å². The third kappa shape index (κ3) is 3.46. The lowest BCUT2D eigenvalue weighted by atomic mass is 10.1. The quantitative estimate of drug-likeness (QED) is 0.884. The highest BCUT2D eigenvalue weighted by Crippen LogP contribution is 2.38. The van der Waals surface area contributed by atoms with E-state index in [-0.39, 0.29) is 5.91 Å². The van der Waals surface area contributed by atoms with Gasteiger partial charge in [-0.3, -0.25) is 9.78 Å². The van der Waals surface area contributed by atoms with Crippen molar-refractivity contribution in [2.45, 2.75) is 6.54 Å².